The smallest absolute Gasteiger partial charge is 0.339 e. The molecule has 1 fully saturated rings. The molecule has 1 aliphatic rings. The van der Waals surface area contributed by atoms with Crippen molar-refractivity contribution in [1.82, 2.24) is 0 Å². The molecular weight excluding hydrogens is 220 g/mol. The number of carboxylic acids is 1. The van der Waals surface area contributed by atoms with Crippen LogP contribution in [0.5, 0.6) is 11.5 Å². The van der Waals surface area contributed by atoms with Crippen molar-refractivity contribution >= 4 is 5.97 Å². The summed E-state index contributed by atoms with van der Waals surface area (Å²) in [4.78, 5) is 11.1. The summed E-state index contributed by atoms with van der Waals surface area (Å²) in [5.41, 5.74) is 0.150. The fraction of sp³-hybridized carbons (Fsp3) is 0.462. The molecule has 0 aromatic heterocycles. The summed E-state index contributed by atoms with van der Waals surface area (Å²) < 4.78 is 11.0. The van der Waals surface area contributed by atoms with Crippen molar-refractivity contribution in [2.75, 3.05) is 0 Å². The van der Waals surface area contributed by atoms with Crippen LogP contribution in [0.3, 0.4) is 0 Å². The number of benzene rings is 1. The first kappa shape index (κ1) is 11.8. The first-order valence-electron chi connectivity index (χ1n) is 5.77. The van der Waals surface area contributed by atoms with Crippen LogP contribution in [-0.2, 0) is 0 Å². The number of carbonyl (C=O) groups is 1. The predicted octanol–water partition coefficient (Wildman–Crippen LogP) is 2.71. The van der Waals surface area contributed by atoms with E-state index < -0.39 is 5.97 Å². The van der Waals surface area contributed by atoms with Crippen molar-refractivity contribution in [1.29, 1.82) is 0 Å². The Morgan fingerprint density at radius 1 is 1.41 bits per heavy atom. The summed E-state index contributed by atoms with van der Waals surface area (Å²) in [6.07, 6.45) is 2.30. The second-order valence-electron chi connectivity index (χ2n) is 4.45. The van der Waals surface area contributed by atoms with Gasteiger partial charge in [0, 0.05) is 0 Å². The second kappa shape index (κ2) is 4.65. The Bertz CT molecular complexity index is 421. The fourth-order valence-corrected chi connectivity index (χ4v) is 1.48. The average Bonchev–Trinajstić information content (AvgIpc) is 3.03. The summed E-state index contributed by atoms with van der Waals surface area (Å²) >= 11 is 0. The number of hydrogen-bond acceptors (Lipinski definition) is 3. The molecule has 0 heterocycles. The Labute approximate surface area is 100 Å². The van der Waals surface area contributed by atoms with E-state index in [2.05, 4.69) is 0 Å². The summed E-state index contributed by atoms with van der Waals surface area (Å²) in [7, 11) is 0. The van der Waals surface area contributed by atoms with Crippen molar-refractivity contribution in [3.63, 3.8) is 0 Å². The van der Waals surface area contributed by atoms with Crippen LogP contribution in [0.25, 0.3) is 0 Å². The Kier molecular flexibility index (Phi) is 3.22. The highest BCUT2D eigenvalue weighted by molar-refractivity contribution is 5.91. The van der Waals surface area contributed by atoms with E-state index in [0.29, 0.717) is 11.5 Å². The van der Waals surface area contributed by atoms with Crippen LogP contribution < -0.4 is 9.47 Å². The van der Waals surface area contributed by atoms with Gasteiger partial charge >= 0.3 is 5.97 Å². The molecule has 0 spiro atoms. The molecule has 1 aromatic carbocycles. The number of hydrogen-bond donors (Lipinski definition) is 1. The van der Waals surface area contributed by atoms with Gasteiger partial charge in [-0.1, -0.05) is 0 Å². The van der Waals surface area contributed by atoms with E-state index >= 15 is 0 Å². The molecule has 17 heavy (non-hydrogen) atoms. The maximum absolute atomic E-state index is 11.1. The minimum atomic E-state index is -0.998. The van der Waals surface area contributed by atoms with E-state index in [4.69, 9.17) is 14.6 Å². The first-order chi connectivity index (χ1) is 8.06. The lowest BCUT2D eigenvalue weighted by Crippen LogP contribution is -2.10. The van der Waals surface area contributed by atoms with Gasteiger partial charge in [-0.15, -0.1) is 0 Å². The minimum Gasteiger partial charge on any atom is -0.490 e. The summed E-state index contributed by atoms with van der Waals surface area (Å²) in [6.45, 7) is 3.72. The minimum absolute atomic E-state index is 0.0525. The van der Waals surface area contributed by atoms with Crippen LogP contribution in [0, 0.1) is 0 Å². The quantitative estimate of drug-likeness (QED) is 0.854. The highest BCUT2D eigenvalue weighted by Crippen LogP contribution is 2.30. The third-order valence-electron chi connectivity index (χ3n) is 2.37. The molecule has 92 valence electrons. The zero-order valence-electron chi connectivity index (χ0n) is 9.97. The van der Waals surface area contributed by atoms with Crippen molar-refractivity contribution in [2.24, 2.45) is 0 Å². The molecule has 1 aliphatic carbocycles. The zero-order chi connectivity index (χ0) is 12.4. The van der Waals surface area contributed by atoms with Crippen molar-refractivity contribution in [3.8, 4) is 11.5 Å². The van der Waals surface area contributed by atoms with E-state index in [1.165, 1.54) is 6.07 Å². The molecule has 0 saturated heterocycles. The molecule has 1 saturated carbocycles. The maximum atomic E-state index is 11.1. The van der Waals surface area contributed by atoms with Gasteiger partial charge in [0.15, 0.2) is 0 Å². The Morgan fingerprint density at radius 2 is 2.12 bits per heavy atom. The largest absolute Gasteiger partial charge is 0.490 e. The highest BCUT2D eigenvalue weighted by atomic mass is 16.5. The van der Waals surface area contributed by atoms with Crippen LogP contribution in [0.15, 0.2) is 18.2 Å². The average molecular weight is 236 g/mol. The van der Waals surface area contributed by atoms with Gasteiger partial charge in [0.2, 0.25) is 0 Å². The van der Waals surface area contributed by atoms with Crippen molar-refractivity contribution in [2.45, 2.75) is 38.9 Å². The van der Waals surface area contributed by atoms with Gasteiger partial charge in [0.25, 0.3) is 0 Å². The molecule has 4 heteroatoms. The summed E-state index contributed by atoms with van der Waals surface area (Å²) in [5.74, 6) is -0.0152. The highest BCUT2D eigenvalue weighted by Gasteiger charge is 2.24. The van der Waals surface area contributed by atoms with Crippen molar-refractivity contribution < 1.29 is 19.4 Å². The molecule has 0 radical (unpaired) electrons. The lowest BCUT2D eigenvalue weighted by molar-refractivity contribution is 0.0690. The lowest BCUT2D eigenvalue weighted by Gasteiger charge is -2.13. The van der Waals surface area contributed by atoms with Crippen LogP contribution in [-0.4, -0.2) is 23.3 Å². The fourth-order valence-electron chi connectivity index (χ4n) is 1.48. The van der Waals surface area contributed by atoms with Gasteiger partial charge in [-0.3, -0.25) is 0 Å². The van der Waals surface area contributed by atoms with Crippen LogP contribution in [0.2, 0.25) is 0 Å². The first-order valence-corrected chi connectivity index (χ1v) is 5.77. The van der Waals surface area contributed by atoms with E-state index in [0.717, 1.165) is 12.8 Å². The van der Waals surface area contributed by atoms with E-state index in [-0.39, 0.29) is 17.8 Å². The van der Waals surface area contributed by atoms with E-state index in [9.17, 15) is 4.79 Å². The molecule has 0 amide bonds. The molecule has 1 N–H and O–H groups in total. The Balaban J connectivity index is 2.22. The summed E-state index contributed by atoms with van der Waals surface area (Å²) in [6, 6.07) is 4.93. The summed E-state index contributed by atoms with van der Waals surface area (Å²) in [5, 5.41) is 9.12. The molecule has 0 unspecified atom stereocenters. The number of carboxylic acid groups (broad SMARTS) is 1. The van der Waals surface area contributed by atoms with E-state index in [1.54, 1.807) is 12.1 Å². The molecular formula is C13H16O4. The van der Waals surface area contributed by atoms with Crippen LogP contribution in [0.1, 0.15) is 37.0 Å². The standard InChI is InChI=1S/C13H16O4/c1-8(2)16-12-6-5-10(17-9-3-4-9)7-11(12)13(14)15/h5-9H,3-4H2,1-2H3,(H,14,15). The number of ether oxygens (including phenoxy) is 2. The van der Waals surface area contributed by atoms with Crippen LogP contribution >= 0.6 is 0 Å². The molecule has 2 rings (SSSR count). The van der Waals surface area contributed by atoms with Gasteiger partial charge in [0.1, 0.15) is 17.1 Å². The van der Waals surface area contributed by atoms with Gasteiger partial charge in [0.05, 0.1) is 12.2 Å². The zero-order valence-corrected chi connectivity index (χ0v) is 9.97. The van der Waals surface area contributed by atoms with Gasteiger partial charge in [-0.2, -0.15) is 0 Å². The Morgan fingerprint density at radius 3 is 2.65 bits per heavy atom. The SMILES string of the molecule is CC(C)Oc1ccc(OC2CC2)cc1C(=O)O. The topological polar surface area (TPSA) is 55.8 Å². The molecule has 4 nitrogen and oxygen atoms in total. The number of rotatable bonds is 5. The molecule has 0 atom stereocenters. The third kappa shape index (κ3) is 3.12. The predicted molar refractivity (Wildman–Crippen MR) is 62.8 cm³/mol. The van der Waals surface area contributed by atoms with Crippen molar-refractivity contribution in [3.05, 3.63) is 23.8 Å². The monoisotopic (exact) mass is 236 g/mol. The molecule has 1 aromatic rings. The Hall–Kier alpha value is -1.71. The van der Waals surface area contributed by atoms with E-state index in [1.807, 2.05) is 13.8 Å². The second-order valence-corrected chi connectivity index (χ2v) is 4.45. The third-order valence-corrected chi connectivity index (χ3v) is 2.37. The normalized spacial score (nSPS) is 14.8. The maximum Gasteiger partial charge on any atom is 0.339 e. The van der Waals surface area contributed by atoms with Gasteiger partial charge < -0.3 is 14.6 Å². The van der Waals surface area contributed by atoms with Gasteiger partial charge in [-0.25, -0.2) is 4.79 Å². The lowest BCUT2D eigenvalue weighted by atomic mass is 10.2. The van der Waals surface area contributed by atoms with Crippen LogP contribution in [0.4, 0.5) is 0 Å². The van der Waals surface area contributed by atoms with Gasteiger partial charge in [-0.05, 0) is 44.9 Å². The molecule has 0 aliphatic heterocycles. The molecule has 0 bridgehead atoms. The number of aromatic carboxylic acids is 1.